The molecule has 3 aromatic carbocycles. The maximum Gasteiger partial charge on any atom is 0.269 e. The van der Waals surface area contributed by atoms with Crippen molar-refractivity contribution in [3.63, 3.8) is 0 Å². The molecular formula is C26H10N6. The summed E-state index contributed by atoms with van der Waals surface area (Å²) < 4.78 is 0. The Hall–Kier alpha value is -5.66. The van der Waals surface area contributed by atoms with Crippen LogP contribution < -0.4 is 10.4 Å². The predicted molar refractivity (Wildman–Crippen MR) is 117 cm³/mol. The first-order valence-corrected chi connectivity index (χ1v) is 9.10. The monoisotopic (exact) mass is 406 g/mol. The van der Waals surface area contributed by atoms with Crippen LogP contribution in [0.15, 0.2) is 60.7 Å². The van der Waals surface area contributed by atoms with E-state index in [1.54, 1.807) is 48.5 Å². The van der Waals surface area contributed by atoms with E-state index in [0.29, 0.717) is 33.4 Å². The van der Waals surface area contributed by atoms with Crippen LogP contribution in [0.4, 0.5) is 0 Å². The van der Waals surface area contributed by atoms with Gasteiger partial charge in [0.2, 0.25) is 0 Å². The van der Waals surface area contributed by atoms with Crippen molar-refractivity contribution in [1.29, 1.82) is 21.0 Å². The van der Waals surface area contributed by atoms with E-state index in [9.17, 15) is 21.0 Å². The summed E-state index contributed by atoms with van der Waals surface area (Å²) in [6.07, 6.45) is 0. The first-order chi connectivity index (χ1) is 15.6. The molecule has 0 radical (unpaired) electrons. The van der Waals surface area contributed by atoms with Gasteiger partial charge in [-0.25, -0.2) is 20.2 Å². The fourth-order valence-electron chi connectivity index (χ4n) is 3.36. The molecule has 0 spiro atoms. The Kier molecular flexibility index (Phi) is 6.07. The Morgan fingerprint density at radius 1 is 0.594 bits per heavy atom. The van der Waals surface area contributed by atoms with Crippen LogP contribution in [0, 0.1) is 58.5 Å². The van der Waals surface area contributed by atoms with Gasteiger partial charge in [0.1, 0.15) is 0 Å². The van der Waals surface area contributed by atoms with Crippen molar-refractivity contribution in [2.75, 3.05) is 0 Å². The summed E-state index contributed by atoms with van der Waals surface area (Å²) in [5.41, 5.74) is 1.88. The maximum atomic E-state index is 9.59. The maximum absolute atomic E-state index is 9.59. The number of benzene rings is 3. The van der Waals surface area contributed by atoms with Gasteiger partial charge < -0.3 is 0 Å². The molecule has 3 rings (SSSR count). The third kappa shape index (κ3) is 3.64. The first-order valence-electron chi connectivity index (χ1n) is 9.10. The zero-order valence-electron chi connectivity index (χ0n) is 16.5. The van der Waals surface area contributed by atoms with Crippen molar-refractivity contribution in [3.8, 4) is 46.5 Å². The van der Waals surface area contributed by atoms with E-state index in [4.69, 9.17) is 13.1 Å². The third-order valence-electron chi connectivity index (χ3n) is 4.78. The molecule has 0 bridgehead atoms. The molecule has 0 fully saturated rings. The van der Waals surface area contributed by atoms with Gasteiger partial charge in [-0.2, -0.15) is 10.5 Å². The second-order valence-electron chi connectivity index (χ2n) is 6.40. The molecule has 6 heteroatoms. The van der Waals surface area contributed by atoms with Gasteiger partial charge in [0.15, 0.2) is 0 Å². The molecule has 32 heavy (non-hydrogen) atoms. The summed E-state index contributed by atoms with van der Waals surface area (Å²) >= 11 is 0. The van der Waals surface area contributed by atoms with Gasteiger partial charge in [0, 0.05) is 0 Å². The second-order valence-corrected chi connectivity index (χ2v) is 6.40. The van der Waals surface area contributed by atoms with Crippen molar-refractivity contribution in [2.24, 2.45) is 0 Å². The highest BCUT2D eigenvalue weighted by Gasteiger charge is 2.15. The molecule has 6 nitrogen and oxygen atoms in total. The Morgan fingerprint density at radius 3 is 1.28 bits per heavy atom. The molecule has 0 aliphatic carbocycles. The SMILES string of the molecule is [C-]#[N+]/C(C#N)=c1/cc(-c2ccccc2C#N)/c(=C(\C#N)[N+]#[C-])cc1-c1ccccc1C#N. The summed E-state index contributed by atoms with van der Waals surface area (Å²) in [7, 11) is 0. The van der Waals surface area contributed by atoms with E-state index in [-0.39, 0.29) is 21.8 Å². The lowest BCUT2D eigenvalue weighted by Crippen LogP contribution is -2.19. The Bertz CT molecular complexity index is 1480. The van der Waals surface area contributed by atoms with Crippen LogP contribution in [-0.2, 0) is 0 Å². The zero-order chi connectivity index (χ0) is 23.1. The summed E-state index contributed by atoms with van der Waals surface area (Å²) in [5.74, 6) is 0. The quantitative estimate of drug-likeness (QED) is 0.603. The molecular weight excluding hydrogens is 396 g/mol. The smallest absolute Gasteiger partial charge is 0.226 e. The molecule has 0 saturated heterocycles. The zero-order valence-corrected chi connectivity index (χ0v) is 16.5. The molecule has 0 aromatic heterocycles. The topological polar surface area (TPSA) is 104 Å². The van der Waals surface area contributed by atoms with Gasteiger partial charge in [-0.3, -0.25) is 0 Å². The molecule has 0 atom stereocenters. The minimum Gasteiger partial charge on any atom is -0.226 e. The van der Waals surface area contributed by atoms with Crippen molar-refractivity contribution in [1.82, 2.24) is 0 Å². The van der Waals surface area contributed by atoms with Gasteiger partial charge >= 0.3 is 0 Å². The van der Waals surface area contributed by atoms with Crippen molar-refractivity contribution in [2.45, 2.75) is 0 Å². The molecule has 0 N–H and O–H groups in total. The van der Waals surface area contributed by atoms with E-state index in [1.807, 2.05) is 12.1 Å². The van der Waals surface area contributed by atoms with E-state index in [2.05, 4.69) is 21.8 Å². The summed E-state index contributed by atoms with van der Waals surface area (Å²) in [6.45, 7) is 14.9. The molecule has 144 valence electrons. The molecule has 0 unspecified atom stereocenters. The van der Waals surface area contributed by atoms with Gasteiger partial charge in [-0.15, -0.1) is 0 Å². The van der Waals surface area contributed by atoms with E-state index >= 15 is 0 Å². The van der Waals surface area contributed by atoms with Crippen LogP contribution in [0.5, 0.6) is 0 Å². The second kappa shape index (κ2) is 9.23. The van der Waals surface area contributed by atoms with E-state index < -0.39 is 0 Å². The van der Waals surface area contributed by atoms with Crippen LogP contribution in [0.3, 0.4) is 0 Å². The van der Waals surface area contributed by atoms with Crippen LogP contribution in [0.2, 0.25) is 0 Å². The molecule has 0 amide bonds. The summed E-state index contributed by atoms with van der Waals surface area (Å²) in [4.78, 5) is 6.67. The highest BCUT2D eigenvalue weighted by atomic mass is 14.7. The van der Waals surface area contributed by atoms with Gasteiger partial charge in [0.25, 0.3) is 11.4 Å². The van der Waals surface area contributed by atoms with Crippen LogP contribution in [0.25, 0.3) is 43.3 Å². The minimum absolute atomic E-state index is 0.212. The van der Waals surface area contributed by atoms with Crippen LogP contribution in [0.1, 0.15) is 11.1 Å². The number of hydrogen-bond acceptors (Lipinski definition) is 4. The first kappa shape index (κ1) is 21.1. The highest BCUT2D eigenvalue weighted by Crippen LogP contribution is 2.25. The third-order valence-corrected chi connectivity index (χ3v) is 4.78. The highest BCUT2D eigenvalue weighted by molar-refractivity contribution is 5.84. The average Bonchev–Trinajstić information content (AvgIpc) is 2.85. The van der Waals surface area contributed by atoms with Gasteiger partial charge in [-0.1, -0.05) is 48.5 Å². The number of rotatable bonds is 2. The van der Waals surface area contributed by atoms with Crippen LogP contribution in [-0.4, -0.2) is 0 Å². The lowest BCUT2D eigenvalue weighted by atomic mass is 9.91. The Morgan fingerprint density at radius 2 is 0.969 bits per heavy atom. The standard InChI is InChI=1S/C26H10N6/c1-31-25(15-29)23-11-22(20-10-6-4-8-18(20)14-28)24(26(16-30)32-2)12-21(23)19-9-5-3-7-17(19)13-27/h3-12H/b25-23-,26-24+. The minimum atomic E-state index is -0.212. The van der Waals surface area contributed by atoms with Crippen molar-refractivity contribution in [3.05, 3.63) is 105 Å². The molecule has 0 aliphatic rings. The number of nitriles is 4. The van der Waals surface area contributed by atoms with Gasteiger partial charge in [0.05, 0.1) is 48.5 Å². The van der Waals surface area contributed by atoms with Crippen molar-refractivity contribution >= 4 is 11.4 Å². The van der Waals surface area contributed by atoms with E-state index in [0.717, 1.165) is 0 Å². The number of nitrogens with zero attached hydrogens (tertiary/aromatic N) is 6. The molecule has 0 aliphatic heterocycles. The van der Waals surface area contributed by atoms with E-state index in [1.165, 1.54) is 12.1 Å². The fourth-order valence-corrected chi connectivity index (χ4v) is 3.36. The average molecular weight is 406 g/mol. The fraction of sp³-hybridized carbons (Fsp3) is 0. The summed E-state index contributed by atoms with van der Waals surface area (Å²) in [6, 6.07) is 24.4. The lowest BCUT2D eigenvalue weighted by molar-refractivity contribution is 1.43. The van der Waals surface area contributed by atoms with Gasteiger partial charge in [-0.05, 0) is 44.8 Å². The Balaban J connectivity index is 2.70. The normalized spacial score (nSPS) is 11.3. The number of hydrogen-bond donors (Lipinski definition) is 0. The molecule has 0 saturated carbocycles. The van der Waals surface area contributed by atoms with Crippen LogP contribution >= 0.6 is 0 Å². The molecule has 0 heterocycles. The lowest BCUT2D eigenvalue weighted by Gasteiger charge is -2.12. The molecule has 3 aromatic rings. The predicted octanol–water partition coefficient (Wildman–Crippen LogP) is 3.87. The largest absolute Gasteiger partial charge is 0.269 e. The van der Waals surface area contributed by atoms with Crippen molar-refractivity contribution < 1.29 is 0 Å². The Labute approximate surface area is 184 Å². The summed E-state index contributed by atoms with van der Waals surface area (Å²) in [5, 5.41) is 38.8.